The molecule has 6 nitrogen and oxygen atoms in total. The van der Waals surface area contributed by atoms with Crippen LogP contribution >= 0.6 is 11.8 Å². The molecule has 0 radical (unpaired) electrons. The third-order valence-electron chi connectivity index (χ3n) is 7.88. The first kappa shape index (κ1) is 31.7. The van der Waals surface area contributed by atoms with Crippen molar-refractivity contribution in [2.75, 3.05) is 25.7 Å². The summed E-state index contributed by atoms with van der Waals surface area (Å²) in [6, 6.07) is 13.5. The summed E-state index contributed by atoms with van der Waals surface area (Å²) >= 11 is 1.62. The number of rotatable bonds is 14. The van der Waals surface area contributed by atoms with Gasteiger partial charge in [-0.05, 0) is 79.4 Å². The summed E-state index contributed by atoms with van der Waals surface area (Å²) in [5, 5.41) is 2.90. The van der Waals surface area contributed by atoms with Gasteiger partial charge >= 0.3 is 5.97 Å². The van der Waals surface area contributed by atoms with Crippen LogP contribution in [0.3, 0.4) is 0 Å². The van der Waals surface area contributed by atoms with E-state index in [1.165, 1.54) is 26.4 Å². The Labute approximate surface area is 244 Å². The van der Waals surface area contributed by atoms with Crippen LogP contribution < -0.4 is 5.32 Å². The number of ether oxygens (including phenoxy) is 1. The van der Waals surface area contributed by atoms with Gasteiger partial charge in [0.25, 0.3) is 5.91 Å². The van der Waals surface area contributed by atoms with Crippen LogP contribution in [0.2, 0.25) is 0 Å². The van der Waals surface area contributed by atoms with E-state index in [0.717, 1.165) is 60.2 Å². The number of hydrogen-bond donors (Lipinski definition) is 1. The fourth-order valence-electron chi connectivity index (χ4n) is 5.53. The molecule has 1 atom stereocenters. The van der Waals surface area contributed by atoms with Crippen LogP contribution in [-0.4, -0.2) is 60.4 Å². The number of carbonyl (C=O) groups is 3. The number of nitrogens with zero attached hydrogens (tertiary/aromatic N) is 1. The lowest BCUT2D eigenvalue weighted by Crippen LogP contribution is -2.42. The van der Waals surface area contributed by atoms with E-state index in [1.54, 1.807) is 11.8 Å². The van der Waals surface area contributed by atoms with E-state index in [9.17, 15) is 14.4 Å². The van der Waals surface area contributed by atoms with Gasteiger partial charge in [0.05, 0.1) is 7.11 Å². The normalized spacial score (nSPS) is 14.4. The highest BCUT2D eigenvalue weighted by Gasteiger charge is 2.26. The Hall–Kier alpha value is -2.80. The number of thioether (sulfide) groups is 1. The molecule has 3 rings (SSSR count). The molecule has 1 fully saturated rings. The molecular formula is C33H46N2O4S. The maximum absolute atomic E-state index is 13.5. The number of nitrogens with one attached hydrogen (secondary N) is 1. The summed E-state index contributed by atoms with van der Waals surface area (Å²) < 4.78 is 4.94. The van der Waals surface area contributed by atoms with Crippen molar-refractivity contribution in [3.8, 4) is 11.1 Å². The number of aryl methyl sites for hydroxylation is 2. The van der Waals surface area contributed by atoms with Gasteiger partial charge < -0.3 is 15.0 Å². The predicted molar refractivity (Wildman–Crippen MR) is 165 cm³/mol. The molecule has 2 aromatic carbocycles. The maximum atomic E-state index is 13.5. The average molecular weight is 567 g/mol. The van der Waals surface area contributed by atoms with Crippen molar-refractivity contribution in [3.05, 3.63) is 59.2 Å². The van der Waals surface area contributed by atoms with Crippen LogP contribution in [0.1, 0.15) is 86.2 Å². The summed E-state index contributed by atoms with van der Waals surface area (Å²) in [5.41, 5.74) is 4.36. The molecule has 0 aliphatic heterocycles. The molecule has 2 aromatic rings. The van der Waals surface area contributed by atoms with Crippen molar-refractivity contribution in [1.29, 1.82) is 0 Å². The van der Waals surface area contributed by atoms with E-state index in [0.29, 0.717) is 30.9 Å². The third-order valence-corrected chi connectivity index (χ3v) is 8.53. The number of hydrogen-bond acceptors (Lipinski definition) is 5. The van der Waals surface area contributed by atoms with Crippen LogP contribution in [0.5, 0.6) is 0 Å². The van der Waals surface area contributed by atoms with Gasteiger partial charge in [-0.1, -0.05) is 69.0 Å². The maximum Gasteiger partial charge on any atom is 0.328 e. The molecule has 1 N–H and O–H groups in total. The zero-order chi connectivity index (χ0) is 28.9. The third kappa shape index (κ3) is 8.85. The van der Waals surface area contributed by atoms with Gasteiger partial charge in [-0.3, -0.25) is 9.59 Å². The van der Waals surface area contributed by atoms with Crippen LogP contribution in [0.15, 0.2) is 42.5 Å². The highest BCUT2D eigenvalue weighted by molar-refractivity contribution is 7.98. The smallest absolute Gasteiger partial charge is 0.328 e. The second-order valence-corrected chi connectivity index (χ2v) is 11.7. The Morgan fingerprint density at radius 3 is 2.50 bits per heavy atom. The largest absolute Gasteiger partial charge is 0.467 e. The molecule has 7 heteroatoms. The van der Waals surface area contributed by atoms with E-state index < -0.39 is 12.0 Å². The Morgan fingerprint density at radius 2 is 1.82 bits per heavy atom. The monoisotopic (exact) mass is 566 g/mol. The SMILES string of the molecule is CCCCN(C(=O)CCc1ccc(C(=O)NC(CCSC)C(=O)OC)c(-c2ccccc2C)c1)C1CCCCC1. The summed E-state index contributed by atoms with van der Waals surface area (Å²) in [5.74, 6) is 0.212. The summed E-state index contributed by atoms with van der Waals surface area (Å²) in [4.78, 5) is 41.4. The topological polar surface area (TPSA) is 75.7 Å². The molecule has 1 saturated carbocycles. The first-order valence-corrected chi connectivity index (χ1v) is 16.1. The fourth-order valence-corrected chi connectivity index (χ4v) is 6.00. The van der Waals surface area contributed by atoms with Crippen LogP contribution in [0, 0.1) is 6.92 Å². The van der Waals surface area contributed by atoms with Gasteiger partial charge in [0.2, 0.25) is 5.91 Å². The van der Waals surface area contributed by atoms with E-state index in [1.807, 2.05) is 55.6 Å². The Kier molecular flexibility index (Phi) is 13.1. The second kappa shape index (κ2) is 16.5. The fraction of sp³-hybridized carbons (Fsp3) is 0.545. The lowest BCUT2D eigenvalue weighted by Gasteiger charge is -2.34. The predicted octanol–water partition coefficient (Wildman–Crippen LogP) is 6.58. The molecule has 1 aliphatic carbocycles. The second-order valence-electron chi connectivity index (χ2n) is 10.8. The van der Waals surface area contributed by atoms with Gasteiger partial charge in [0.1, 0.15) is 6.04 Å². The lowest BCUT2D eigenvalue weighted by molar-refractivity contribution is -0.143. The molecule has 0 heterocycles. The number of carbonyl (C=O) groups excluding carboxylic acids is 3. The summed E-state index contributed by atoms with van der Waals surface area (Å²) in [7, 11) is 1.34. The lowest BCUT2D eigenvalue weighted by atomic mass is 9.92. The first-order chi connectivity index (χ1) is 19.4. The number of unbranched alkanes of at least 4 members (excludes halogenated alkanes) is 1. The molecule has 0 spiro atoms. The van der Waals surface area contributed by atoms with Gasteiger partial charge in [-0.2, -0.15) is 11.8 Å². The van der Waals surface area contributed by atoms with Crippen LogP contribution in [-0.2, 0) is 20.7 Å². The van der Waals surface area contributed by atoms with E-state index in [-0.39, 0.29) is 11.8 Å². The van der Waals surface area contributed by atoms with E-state index in [4.69, 9.17) is 4.74 Å². The molecular weight excluding hydrogens is 520 g/mol. The average Bonchev–Trinajstić information content (AvgIpc) is 2.98. The van der Waals surface area contributed by atoms with Crippen molar-refractivity contribution in [1.82, 2.24) is 10.2 Å². The molecule has 0 bridgehead atoms. The van der Waals surface area contributed by atoms with E-state index in [2.05, 4.69) is 17.1 Å². The Morgan fingerprint density at radius 1 is 1.07 bits per heavy atom. The highest BCUT2D eigenvalue weighted by atomic mass is 32.2. The van der Waals surface area contributed by atoms with Crippen LogP contribution in [0.4, 0.5) is 0 Å². The van der Waals surface area contributed by atoms with E-state index >= 15 is 0 Å². The standard InChI is InChI=1S/C33H46N2O4S/c1-5-6-21-35(26-13-8-7-9-14-26)31(36)19-17-25-16-18-28(29(23-25)27-15-11-10-12-24(27)2)32(37)34-30(20-22-40-4)33(38)39-3/h10-12,15-16,18,23,26,30H,5-9,13-14,17,19-22H2,1-4H3,(H,34,37). The molecule has 40 heavy (non-hydrogen) atoms. The molecule has 218 valence electrons. The van der Waals surface area contributed by atoms with Crippen molar-refractivity contribution >= 4 is 29.5 Å². The van der Waals surface area contributed by atoms with Crippen LogP contribution in [0.25, 0.3) is 11.1 Å². The minimum Gasteiger partial charge on any atom is -0.467 e. The van der Waals surface area contributed by atoms with Gasteiger partial charge in [0, 0.05) is 24.6 Å². The van der Waals surface area contributed by atoms with Gasteiger partial charge in [0.15, 0.2) is 0 Å². The number of benzene rings is 2. The Balaban J connectivity index is 1.84. The first-order valence-electron chi connectivity index (χ1n) is 14.8. The van der Waals surface area contributed by atoms with Gasteiger partial charge in [-0.15, -0.1) is 0 Å². The van der Waals surface area contributed by atoms with Gasteiger partial charge in [-0.25, -0.2) is 4.79 Å². The Bertz CT molecular complexity index is 1130. The quantitative estimate of drug-likeness (QED) is 0.262. The summed E-state index contributed by atoms with van der Waals surface area (Å²) in [6.45, 7) is 5.04. The number of methoxy groups -OCH3 is 1. The molecule has 2 amide bonds. The molecule has 1 aliphatic rings. The molecule has 0 aromatic heterocycles. The minimum absolute atomic E-state index is 0.231. The zero-order valence-electron chi connectivity index (χ0n) is 24.7. The zero-order valence-corrected chi connectivity index (χ0v) is 25.5. The number of esters is 1. The van der Waals surface area contributed by atoms with Crippen molar-refractivity contribution < 1.29 is 19.1 Å². The molecule has 0 saturated heterocycles. The highest BCUT2D eigenvalue weighted by Crippen LogP contribution is 2.29. The van der Waals surface area contributed by atoms with Crippen molar-refractivity contribution in [2.24, 2.45) is 0 Å². The van der Waals surface area contributed by atoms with Crippen molar-refractivity contribution in [3.63, 3.8) is 0 Å². The summed E-state index contributed by atoms with van der Waals surface area (Å²) in [6.07, 6.45) is 11.6. The number of amides is 2. The minimum atomic E-state index is -0.708. The molecule has 1 unspecified atom stereocenters. The van der Waals surface area contributed by atoms with Crippen molar-refractivity contribution in [2.45, 2.75) is 90.1 Å².